The molecule has 1 heterocycles. The largest absolute Gasteiger partial charge is 0.377 e. The van der Waals surface area contributed by atoms with Crippen LogP contribution in [-0.4, -0.2) is 27.8 Å². The highest BCUT2D eigenvalue weighted by atomic mass is 15.3. The Morgan fingerprint density at radius 2 is 1.90 bits per heavy atom. The minimum Gasteiger partial charge on any atom is -0.377 e. The van der Waals surface area contributed by atoms with Crippen LogP contribution in [0.4, 0.5) is 5.69 Å². The van der Waals surface area contributed by atoms with Gasteiger partial charge in [-0.25, -0.2) is 0 Å². The van der Waals surface area contributed by atoms with Gasteiger partial charge in [-0.3, -0.25) is 9.58 Å². The zero-order valence-electron chi connectivity index (χ0n) is 13.5. The number of hydrogen-bond acceptors (Lipinski definition) is 3. The van der Waals surface area contributed by atoms with Gasteiger partial charge in [0.15, 0.2) is 0 Å². The molecule has 1 aromatic heterocycles. The van der Waals surface area contributed by atoms with Crippen molar-refractivity contribution in [2.75, 3.05) is 18.4 Å². The first-order valence-corrected chi connectivity index (χ1v) is 7.70. The van der Waals surface area contributed by atoms with E-state index in [1.165, 1.54) is 16.9 Å². The van der Waals surface area contributed by atoms with Crippen LogP contribution in [0.25, 0.3) is 0 Å². The van der Waals surface area contributed by atoms with E-state index in [0.717, 1.165) is 19.6 Å². The van der Waals surface area contributed by atoms with E-state index >= 15 is 0 Å². The van der Waals surface area contributed by atoms with Crippen LogP contribution >= 0.6 is 0 Å². The molecule has 0 aliphatic heterocycles. The van der Waals surface area contributed by atoms with Gasteiger partial charge in [0.1, 0.15) is 0 Å². The maximum absolute atomic E-state index is 4.25. The van der Waals surface area contributed by atoms with Gasteiger partial charge in [0.25, 0.3) is 0 Å². The minimum atomic E-state index is 0.232. The Kier molecular flexibility index (Phi) is 5.39. The van der Waals surface area contributed by atoms with E-state index in [0.29, 0.717) is 0 Å². The zero-order chi connectivity index (χ0) is 15.2. The fourth-order valence-corrected chi connectivity index (χ4v) is 2.60. The number of aromatic nitrogens is 2. The number of hydrogen-bond donors (Lipinski definition) is 1. The highest BCUT2D eigenvalue weighted by Gasteiger charge is 2.12. The topological polar surface area (TPSA) is 33.1 Å². The van der Waals surface area contributed by atoms with E-state index in [4.69, 9.17) is 0 Å². The maximum atomic E-state index is 4.25. The maximum Gasteiger partial charge on any atom is 0.0654 e. The quantitative estimate of drug-likeness (QED) is 0.846. The SMILES string of the molecule is CCN(CC)Cc1ccccc1NC(C)c1ccnn1C. The summed E-state index contributed by atoms with van der Waals surface area (Å²) in [5, 5.41) is 7.86. The molecule has 21 heavy (non-hydrogen) atoms. The first-order valence-electron chi connectivity index (χ1n) is 7.70. The molecule has 1 N–H and O–H groups in total. The summed E-state index contributed by atoms with van der Waals surface area (Å²) in [6.07, 6.45) is 1.84. The summed E-state index contributed by atoms with van der Waals surface area (Å²) >= 11 is 0. The molecule has 0 aliphatic carbocycles. The van der Waals surface area contributed by atoms with Crippen LogP contribution in [0, 0.1) is 0 Å². The van der Waals surface area contributed by atoms with Gasteiger partial charge >= 0.3 is 0 Å². The Labute approximate surface area is 127 Å². The number of anilines is 1. The highest BCUT2D eigenvalue weighted by molar-refractivity contribution is 5.52. The Balaban J connectivity index is 2.14. The number of nitrogens with zero attached hydrogens (tertiary/aromatic N) is 3. The molecule has 0 fully saturated rings. The lowest BCUT2D eigenvalue weighted by Gasteiger charge is -2.22. The normalized spacial score (nSPS) is 12.6. The molecule has 1 unspecified atom stereocenters. The van der Waals surface area contributed by atoms with Gasteiger partial charge in [-0.2, -0.15) is 5.10 Å². The lowest BCUT2D eigenvalue weighted by molar-refractivity contribution is 0.296. The Hall–Kier alpha value is -1.81. The average molecular weight is 286 g/mol. The molecule has 2 rings (SSSR count). The molecule has 0 saturated heterocycles. The smallest absolute Gasteiger partial charge is 0.0654 e. The highest BCUT2D eigenvalue weighted by Crippen LogP contribution is 2.23. The summed E-state index contributed by atoms with van der Waals surface area (Å²) in [6, 6.07) is 10.9. The van der Waals surface area contributed by atoms with E-state index in [2.05, 4.69) is 66.4 Å². The minimum absolute atomic E-state index is 0.232. The second-order valence-corrected chi connectivity index (χ2v) is 5.36. The zero-order valence-corrected chi connectivity index (χ0v) is 13.5. The van der Waals surface area contributed by atoms with Crippen LogP contribution in [0.1, 0.15) is 38.1 Å². The summed E-state index contributed by atoms with van der Waals surface area (Å²) in [5.74, 6) is 0. The molecule has 2 aromatic rings. The second kappa shape index (κ2) is 7.27. The van der Waals surface area contributed by atoms with Crippen LogP contribution in [0.3, 0.4) is 0 Å². The van der Waals surface area contributed by atoms with Crippen LogP contribution in [-0.2, 0) is 13.6 Å². The average Bonchev–Trinajstić information content (AvgIpc) is 2.92. The van der Waals surface area contributed by atoms with Gasteiger partial charge in [0.05, 0.1) is 11.7 Å². The van der Waals surface area contributed by atoms with Gasteiger partial charge in [-0.15, -0.1) is 0 Å². The standard InChI is InChI=1S/C17H26N4/c1-5-21(6-2)13-15-9-7-8-10-16(15)19-14(3)17-11-12-18-20(17)4/h7-12,14,19H,5-6,13H2,1-4H3. The second-order valence-electron chi connectivity index (χ2n) is 5.36. The van der Waals surface area contributed by atoms with Crippen LogP contribution in [0.5, 0.6) is 0 Å². The van der Waals surface area contributed by atoms with Crippen LogP contribution in [0.15, 0.2) is 36.5 Å². The predicted octanol–water partition coefficient (Wildman–Crippen LogP) is 3.44. The van der Waals surface area contributed by atoms with Gasteiger partial charge in [0.2, 0.25) is 0 Å². The summed E-state index contributed by atoms with van der Waals surface area (Å²) in [4.78, 5) is 2.43. The van der Waals surface area contributed by atoms with E-state index in [1.54, 1.807) is 0 Å². The number of rotatable bonds is 7. The van der Waals surface area contributed by atoms with Crippen molar-refractivity contribution in [1.29, 1.82) is 0 Å². The number of para-hydroxylation sites is 1. The van der Waals surface area contributed by atoms with Crippen molar-refractivity contribution in [2.24, 2.45) is 7.05 Å². The van der Waals surface area contributed by atoms with Crippen LogP contribution < -0.4 is 5.32 Å². The predicted molar refractivity (Wildman–Crippen MR) is 88.3 cm³/mol. The molecule has 0 spiro atoms. The fraction of sp³-hybridized carbons (Fsp3) is 0.471. The lowest BCUT2D eigenvalue weighted by Crippen LogP contribution is -2.23. The molecule has 1 atom stereocenters. The molecular weight excluding hydrogens is 260 g/mol. The van der Waals surface area contributed by atoms with Crippen molar-refractivity contribution in [2.45, 2.75) is 33.4 Å². The van der Waals surface area contributed by atoms with Crippen molar-refractivity contribution in [3.05, 3.63) is 47.8 Å². The summed E-state index contributed by atoms with van der Waals surface area (Å²) in [5.41, 5.74) is 3.74. The third-order valence-corrected chi connectivity index (χ3v) is 3.98. The van der Waals surface area contributed by atoms with Crippen molar-refractivity contribution < 1.29 is 0 Å². The lowest BCUT2D eigenvalue weighted by atomic mass is 10.1. The molecule has 0 amide bonds. The number of benzene rings is 1. The number of nitrogens with one attached hydrogen (secondary N) is 1. The molecular formula is C17H26N4. The molecule has 0 radical (unpaired) electrons. The molecule has 0 saturated carbocycles. The summed E-state index contributed by atoms with van der Waals surface area (Å²) < 4.78 is 1.92. The first-order chi connectivity index (χ1) is 10.2. The van der Waals surface area contributed by atoms with Crippen molar-refractivity contribution >= 4 is 5.69 Å². The monoisotopic (exact) mass is 286 g/mol. The van der Waals surface area contributed by atoms with Crippen LogP contribution in [0.2, 0.25) is 0 Å². The molecule has 4 heteroatoms. The van der Waals surface area contributed by atoms with E-state index in [1.807, 2.05) is 17.9 Å². The van der Waals surface area contributed by atoms with Gasteiger partial charge in [0, 0.05) is 25.5 Å². The summed E-state index contributed by atoms with van der Waals surface area (Å²) in [7, 11) is 1.98. The molecule has 0 aliphatic rings. The summed E-state index contributed by atoms with van der Waals surface area (Å²) in [6.45, 7) is 9.71. The third-order valence-electron chi connectivity index (χ3n) is 3.98. The van der Waals surface area contributed by atoms with E-state index in [9.17, 15) is 0 Å². The Morgan fingerprint density at radius 1 is 1.19 bits per heavy atom. The van der Waals surface area contributed by atoms with Gasteiger partial charge in [-0.05, 0) is 37.7 Å². The van der Waals surface area contributed by atoms with Crippen molar-refractivity contribution in [3.63, 3.8) is 0 Å². The Morgan fingerprint density at radius 3 is 2.52 bits per heavy atom. The van der Waals surface area contributed by atoms with E-state index in [-0.39, 0.29) is 6.04 Å². The first kappa shape index (κ1) is 15.6. The molecule has 4 nitrogen and oxygen atoms in total. The molecule has 114 valence electrons. The van der Waals surface area contributed by atoms with Gasteiger partial charge < -0.3 is 5.32 Å². The van der Waals surface area contributed by atoms with Gasteiger partial charge in [-0.1, -0.05) is 32.0 Å². The number of aryl methyl sites for hydroxylation is 1. The van der Waals surface area contributed by atoms with Crippen molar-refractivity contribution in [3.8, 4) is 0 Å². The van der Waals surface area contributed by atoms with E-state index < -0.39 is 0 Å². The van der Waals surface area contributed by atoms with Crippen molar-refractivity contribution in [1.82, 2.24) is 14.7 Å². The Bertz CT molecular complexity index is 557. The third kappa shape index (κ3) is 3.85. The fourth-order valence-electron chi connectivity index (χ4n) is 2.60. The molecule has 1 aromatic carbocycles. The molecule has 0 bridgehead atoms.